The lowest BCUT2D eigenvalue weighted by Crippen LogP contribution is -2.11. The number of benzene rings is 1. The zero-order valence-electron chi connectivity index (χ0n) is 9.86. The van der Waals surface area contributed by atoms with Crippen molar-refractivity contribution in [3.05, 3.63) is 34.4 Å². The Kier molecular flexibility index (Phi) is 3.66. The molecule has 0 aliphatic rings. The fourth-order valence-corrected chi connectivity index (χ4v) is 1.73. The van der Waals surface area contributed by atoms with Gasteiger partial charge in [0.05, 0.1) is 7.11 Å². The summed E-state index contributed by atoms with van der Waals surface area (Å²) >= 11 is 3.36. The number of rotatable bonds is 2. The molecule has 5 nitrogen and oxygen atoms in total. The van der Waals surface area contributed by atoms with E-state index >= 15 is 0 Å². The number of hydrogen-bond donors (Lipinski definition) is 1. The second-order valence-electron chi connectivity index (χ2n) is 3.60. The third kappa shape index (κ3) is 2.53. The fourth-order valence-electron chi connectivity index (χ4n) is 1.47. The number of nitrogens with zero attached hydrogens (tertiary/aromatic N) is 1. The van der Waals surface area contributed by atoms with Crippen molar-refractivity contribution >= 4 is 27.7 Å². The summed E-state index contributed by atoms with van der Waals surface area (Å²) in [6.07, 6.45) is -0.556. The van der Waals surface area contributed by atoms with E-state index in [0.717, 1.165) is 10.0 Å². The molecule has 1 N–H and O–H groups in total. The van der Waals surface area contributed by atoms with Crippen molar-refractivity contribution in [2.75, 3.05) is 12.4 Å². The number of aryl methyl sites for hydroxylation is 1. The van der Waals surface area contributed by atoms with Crippen LogP contribution in [-0.4, -0.2) is 18.4 Å². The van der Waals surface area contributed by atoms with E-state index in [1.54, 1.807) is 6.92 Å². The number of methoxy groups -OCH3 is 1. The highest BCUT2D eigenvalue weighted by Gasteiger charge is 2.17. The Labute approximate surface area is 112 Å². The second-order valence-corrected chi connectivity index (χ2v) is 4.51. The average Bonchev–Trinajstić information content (AvgIpc) is 2.72. The van der Waals surface area contributed by atoms with E-state index in [2.05, 4.69) is 31.1 Å². The molecule has 0 aliphatic carbocycles. The summed E-state index contributed by atoms with van der Waals surface area (Å²) in [6, 6.07) is 7.50. The zero-order chi connectivity index (χ0) is 13.1. The molecule has 0 spiro atoms. The van der Waals surface area contributed by atoms with Crippen molar-refractivity contribution in [1.82, 2.24) is 5.16 Å². The monoisotopic (exact) mass is 310 g/mol. The van der Waals surface area contributed by atoms with Crippen LogP contribution >= 0.6 is 15.9 Å². The first-order valence-corrected chi connectivity index (χ1v) is 5.98. The highest BCUT2D eigenvalue weighted by Crippen LogP contribution is 2.31. The van der Waals surface area contributed by atoms with Gasteiger partial charge in [0, 0.05) is 10.0 Å². The predicted molar refractivity (Wildman–Crippen MR) is 70.4 cm³/mol. The molecule has 0 saturated carbocycles. The number of carbonyl (C=O) groups excluding carboxylic acids is 1. The Morgan fingerprint density at radius 2 is 2.06 bits per heavy atom. The molecule has 0 unspecified atom stereocenters. The van der Waals surface area contributed by atoms with E-state index in [-0.39, 0.29) is 0 Å². The molecule has 0 saturated heterocycles. The van der Waals surface area contributed by atoms with Gasteiger partial charge in [0.25, 0.3) is 0 Å². The van der Waals surface area contributed by atoms with Crippen molar-refractivity contribution in [3.8, 4) is 11.3 Å². The predicted octanol–water partition coefficient (Wildman–Crippen LogP) is 3.59. The zero-order valence-corrected chi connectivity index (χ0v) is 11.4. The summed E-state index contributed by atoms with van der Waals surface area (Å²) < 4.78 is 10.8. The number of nitrogens with one attached hydrogen (secondary N) is 1. The number of aromatic nitrogens is 1. The molecule has 18 heavy (non-hydrogen) atoms. The molecule has 0 aliphatic heterocycles. The summed E-state index contributed by atoms with van der Waals surface area (Å²) in [6.45, 7) is 1.75. The maximum atomic E-state index is 11.3. The summed E-state index contributed by atoms with van der Waals surface area (Å²) in [5.74, 6) is 0.505. The first kappa shape index (κ1) is 12.6. The van der Waals surface area contributed by atoms with Crippen molar-refractivity contribution < 1.29 is 14.1 Å². The molecule has 1 amide bonds. The minimum absolute atomic E-state index is 0.505. The standard InChI is InChI=1S/C12H11BrN2O3/c1-7-10(14-12(16)17-2)11(18-15-7)8-3-5-9(13)6-4-8/h3-6H,1-2H3,(H,14,16). The Morgan fingerprint density at radius 1 is 1.39 bits per heavy atom. The summed E-state index contributed by atoms with van der Waals surface area (Å²) in [5.41, 5.74) is 1.94. The van der Waals surface area contributed by atoms with Crippen LogP contribution in [0, 0.1) is 6.92 Å². The summed E-state index contributed by atoms with van der Waals surface area (Å²) in [5, 5.41) is 6.44. The third-order valence-corrected chi connectivity index (χ3v) is 2.91. The van der Waals surface area contributed by atoms with E-state index in [1.807, 2.05) is 24.3 Å². The quantitative estimate of drug-likeness (QED) is 0.920. The number of ether oxygens (including phenoxy) is 1. The van der Waals surface area contributed by atoms with Crippen LogP contribution in [0.3, 0.4) is 0 Å². The number of hydrogen-bond acceptors (Lipinski definition) is 4. The molecule has 1 heterocycles. The van der Waals surface area contributed by atoms with Crippen LogP contribution in [0.2, 0.25) is 0 Å². The van der Waals surface area contributed by atoms with Crippen LogP contribution < -0.4 is 5.32 Å². The molecule has 1 aromatic carbocycles. The molecule has 0 atom stereocenters. The molecule has 1 aromatic heterocycles. The van der Waals surface area contributed by atoms with Gasteiger partial charge in [0.1, 0.15) is 11.4 Å². The van der Waals surface area contributed by atoms with Crippen molar-refractivity contribution in [2.45, 2.75) is 6.92 Å². The highest BCUT2D eigenvalue weighted by molar-refractivity contribution is 9.10. The lowest BCUT2D eigenvalue weighted by molar-refractivity contribution is 0.187. The molecular weight excluding hydrogens is 300 g/mol. The molecule has 6 heteroatoms. The van der Waals surface area contributed by atoms with Gasteiger partial charge >= 0.3 is 6.09 Å². The number of anilines is 1. The Balaban J connectivity index is 2.39. The van der Waals surface area contributed by atoms with E-state index in [4.69, 9.17) is 4.52 Å². The molecule has 2 aromatic rings. The molecular formula is C12H11BrN2O3. The van der Waals surface area contributed by atoms with Crippen LogP contribution in [-0.2, 0) is 4.74 Å². The summed E-state index contributed by atoms with van der Waals surface area (Å²) in [7, 11) is 1.30. The van der Waals surface area contributed by atoms with Crippen LogP contribution in [0.4, 0.5) is 10.5 Å². The maximum absolute atomic E-state index is 11.3. The summed E-state index contributed by atoms with van der Waals surface area (Å²) in [4.78, 5) is 11.3. The van der Waals surface area contributed by atoms with Crippen LogP contribution in [0.5, 0.6) is 0 Å². The largest absolute Gasteiger partial charge is 0.453 e. The fraction of sp³-hybridized carbons (Fsp3) is 0.167. The van der Waals surface area contributed by atoms with Crippen molar-refractivity contribution in [2.24, 2.45) is 0 Å². The number of halogens is 1. The molecule has 2 rings (SSSR count). The lowest BCUT2D eigenvalue weighted by Gasteiger charge is -2.04. The smallest absolute Gasteiger partial charge is 0.411 e. The third-order valence-electron chi connectivity index (χ3n) is 2.38. The van der Waals surface area contributed by atoms with E-state index < -0.39 is 6.09 Å². The molecule has 0 bridgehead atoms. The van der Waals surface area contributed by atoms with Gasteiger partial charge in [-0.15, -0.1) is 0 Å². The van der Waals surface area contributed by atoms with E-state index in [0.29, 0.717) is 17.1 Å². The average molecular weight is 311 g/mol. The number of carbonyl (C=O) groups is 1. The lowest BCUT2D eigenvalue weighted by atomic mass is 10.1. The Morgan fingerprint density at radius 3 is 2.67 bits per heavy atom. The van der Waals surface area contributed by atoms with Crippen LogP contribution in [0.15, 0.2) is 33.3 Å². The Hall–Kier alpha value is -1.82. The Bertz CT molecular complexity index is 563. The van der Waals surface area contributed by atoms with Gasteiger partial charge in [-0.05, 0) is 31.2 Å². The van der Waals surface area contributed by atoms with Crippen LogP contribution in [0.1, 0.15) is 5.69 Å². The van der Waals surface area contributed by atoms with Gasteiger partial charge in [-0.3, -0.25) is 5.32 Å². The van der Waals surface area contributed by atoms with E-state index in [9.17, 15) is 4.79 Å². The molecule has 0 radical (unpaired) electrons. The first-order valence-electron chi connectivity index (χ1n) is 5.19. The topological polar surface area (TPSA) is 64.4 Å². The SMILES string of the molecule is COC(=O)Nc1c(C)noc1-c1ccc(Br)cc1. The normalized spacial score (nSPS) is 10.2. The maximum Gasteiger partial charge on any atom is 0.411 e. The van der Waals surface area contributed by atoms with Crippen LogP contribution in [0.25, 0.3) is 11.3 Å². The van der Waals surface area contributed by atoms with Gasteiger partial charge < -0.3 is 9.26 Å². The molecule has 0 fully saturated rings. The minimum atomic E-state index is -0.556. The van der Waals surface area contributed by atoms with Gasteiger partial charge in [-0.25, -0.2) is 4.79 Å². The van der Waals surface area contributed by atoms with Crippen molar-refractivity contribution in [1.29, 1.82) is 0 Å². The van der Waals surface area contributed by atoms with Gasteiger partial charge in [-0.1, -0.05) is 21.1 Å². The van der Waals surface area contributed by atoms with E-state index in [1.165, 1.54) is 7.11 Å². The van der Waals surface area contributed by atoms with Gasteiger partial charge in [0.2, 0.25) is 0 Å². The second kappa shape index (κ2) is 5.22. The van der Waals surface area contributed by atoms with Gasteiger partial charge in [0.15, 0.2) is 5.76 Å². The number of amides is 1. The van der Waals surface area contributed by atoms with Crippen molar-refractivity contribution in [3.63, 3.8) is 0 Å². The van der Waals surface area contributed by atoms with Gasteiger partial charge in [-0.2, -0.15) is 0 Å². The highest BCUT2D eigenvalue weighted by atomic mass is 79.9. The molecule has 94 valence electrons. The minimum Gasteiger partial charge on any atom is -0.453 e. The first-order chi connectivity index (χ1) is 8.61.